The number of hydrogen-bond acceptors (Lipinski definition) is 3. The van der Waals surface area contributed by atoms with Gasteiger partial charge in [0.15, 0.2) is 23.6 Å². The van der Waals surface area contributed by atoms with E-state index < -0.39 is 41.1 Å². The zero-order valence-electron chi connectivity index (χ0n) is 14.1. The summed E-state index contributed by atoms with van der Waals surface area (Å²) in [7, 11) is 0. The molecule has 0 unspecified atom stereocenters. The van der Waals surface area contributed by atoms with Gasteiger partial charge in [-0.3, -0.25) is 4.79 Å². The van der Waals surface area contributed by atoms with E-state index in [4.69, 9.17) is 4.74 Å². The summed E-state index contributed by atoms with van der Waals surface area (Å²) >= 11 is 0. The largest absolute Gasteiger partial charge is 0.449 e. The van der Waals surface area contributed by atoms with Crippen molar-refractivity contribution >= 4 is 23.6 Å². The van der Waals surface area contributed by atoms with Crippen molar-refractivity contribution < 1.29 is 27.5 Å². The van der Waals surface area contributed by atoms with Crippen LogP contribution in [0.25, 0.3) is 6.08 Å². The van der Waals surface area contributed by atoms with E-state index in [2.05, 4.69) is 0 Å². The highest BCUT2D eigenvalue weighted by Crippen LogP contribution is 2.20. The van der Waals surface area contributed by atoms with Gasteiger partial charge < -0.3 is 10.1 Å². The molecule has 2 aromatic rings. The first-order valence-corrected chi connectivity index (χ1v) is 7.68. The van der Waals surface area contributed by atoms with E-state index in [0.717, 1.165) is 23.3 Å². The van der Waals surface area contributed by atoms with Gasteiger partial charge in [-0.1, -0.05) is 24.3 Å². The van der Waals surface area contributed by atoms with Crippen molar-refractivity contribution in [3.63, 3.8) is 0 Å². The minimum atomic E-state index is -1.70. The molecule has 0 fully saturated rings. The number of esters is 1. The normalized spacial score (nSPS) is 12.0. The molecule has 7 heteroatoms. The lowest BCUT2D eigenvalue weighted by Crippen LogP contribution is -2.29. The number of amides is 1. The maximum Gasteiger partial charge on any atom is 0.331 e. The van der Waals surface area contributed by atoms with Crippen molar-refractivity contribution in [2.75, 3.05) is 5.32 Å². The van der Waals surface area contributed by atoms with E-state index in [9.17, 15) is 22.8 Å². The number of halogens is 3. The minimum absolute atomic E-state index is 0.549. The van der Waals surface area contributed by atoms with Gasteiger partial charge in [0.05, 0.1) is 5.69 Å². The summed E-state index contributed by atoms with van der Waals surface area (Å²) in [5, 5.41) is 2.04. The number of carbonyl (C=O) groups excluding carboxylic acids is 2. The highest BCUT2D eigenvalue weighted by Gasteiger charge is 2.20. The Morgan fingerprint density at radius 2 is 1.77 bits per heavy atom. The van der Waals surface area contributed by atoms with Gasteiger partial charge in [0.25, 0.3) is 5.91 Å². The van der Waals surface area contributed by atoms with E-state index in [1.54, 1.807) is 6.07 Å². The number of benzene rings is 2. The summed E-state index contributed by atoms with van der Waals surface area (Å²) in [4.78, 5) is 23.7. The third-order valence-electron chi connectivity index (χ3n) is 3.54. The van der Waals surface area contributed by atoms with Crippen LogP contribution in [0.15, 0.2) is 42.5 Å². The predicted molar refractivity (Wildman–Crippen MR) is 90.7 cm³/mol. The van der Waals surface area contributed by atoms with Crippen LogP contribution in [0.4, 0.5) is 18.9 Å². The van der Waals surface area contributed by atoms with Crippen LogP contribution in [0, 0.1) is 24.4 Å². The fraction of sp³-hybridized carbons (Fsp3) is 0.158. The van der Waals surface area contributed by atoms with Crippen LogP contribution in [0.2, 0.25) is 0 Å². The molecule has 2 rings (SSSR count). The van der Waals surface area contributed by atoms with Crippen molar-refractivity contribution in [2.24, 2.45) is 0 Å². The van der Waals surface area contributed by atoms with Crippen molar-refractivity contribution in [3.8, 4) is 0 Å². The van der Waals surface area contributed by atoms with Crippen molar-refractivity contribution in [2.45, 2.75) is 20.0 Å². The quantitative estimate of drug-likeness (QED) is 0.496. The lowest BCUT2D eigenvalue weighted by Gasteiger charge is -2.13. The van der Waals surface area contributed by atoms with Crippen molar-refractivity contribution in [1.82, 2.24) is 0 Å². The van der Waals surface area contributed by atoms with Crippen LogP contribution in [0.1, 0.15) is 18.1 Å². The number of rotatable bonds is 5. The molecule has 0 aliphatic carbocycles. The molecule has 0 aliphatic rings. The second-order valence-corrected chi connectivity index (χ2v) is 5.48. The fourth-order valence-corrected chi connectivity index (χ4v) is 2.06. The molecular weight excluding hydrogens is 347 g/mol. The van der Waals surface area contributed by atoms with Gasteiger partial charge in [-0.2, -0.15) is 0 Å². The molecule has 4 nitrogen and oxygen atoms in total. The van der Waals surface area contributed by atoms with Gasteiger partial charge in [0.1, 0.15) is 0 Å². The number of anilines is 1. The summed E-state index contributed by atoms with van der Waals surface area (Å²) in [6, 6.07) is 8.89. The minimum Gasteiger partial charge on any atom is -0.449 e. The van der Waals surface area contributed by atoms with Crippen LogP contribution in [0.5, 0.6) is 0 Å². The molecule has 0 saturated heterocycles. The van der Waals surface area contributed by atoms with Crippen LogP contribution < -0.4 is 5.32 Å². The average Bonchev–Trinajstić information content (AvgIpc) is 2.61. The monoisotopic (exact) mass is 363 g/mol. The first-order chi connectivity index (χ1) is 12.3. The zero-order chi connectivity index (χ0) is 19.3. The molecule has 0 heterocycles. The molecule has 136 valence electrons. The number of hydrogen-bond donors (Lipinski definition) is 1. The van der Waals surface area contributed by atoms with E-state index >= 15 is 0 Å². The SMILES string of the molecule is Cc1ccccc1/C=C/C(=O)O[C@@H](C)C(=O)Nc1ccc(F)c(F)c1F. The van der Waals surface area contributed by atoms with E-state index in [1.807, 2.05) is 30.4 Å². The maximum atomic E-state index is 13.5. The average molecular weight is 363 g/mol. The van der Waals surface area contributed by atoms with Crippen LogP contribution in [0.3, 0.4) is 0 Å². The van der Waals surface area contributed by atoms with Crippen molar-refractivity contribution in [3.05, 3.63) is 71.1 Å². The Morgan fingerprint density at radius 3 is 2.46 bits per heavy atom. The molecule has 0 bridgehead atoms. The van der Waals surface area contributed by atoms with Gasteiger partial charge in [0, 0.05) is 6.08 Å². The Morgan fingerprint density at radius 1 is 1.08 bits per heavy atom. The first kappa shape index (κ1) is 19.2. The van der Waals surface area contributed by atoms with E-state index in [1.165, 1.54) is 13.0 Å². The topological polar surface area (TPSA) is 55.4 Å². The first-order valence-electron chi connectivity index (χ1n) is 7.68. The van der Waals surface area contributed by atoms with Crippen LogP contribution >= 0.6 is 0 Å². The van der Waals surface area contributed by atoms with Gasteiger partial charge in [-0.15, -0.1) is 0 Å². The molecule has 0 aliphatic heterocycles. The Hall–Kier alpha value is -3.09. The molecule has 1 atom stereocenters. The van der Waals surface area contributed by atoms with Gasteiger partial charge in [0.2, 0.25) is 0 Å². The lowest BCUT2D eigenvalue weighted by atomic mass is 10.1. The van der Waals surface area contributed by atoms with Gasteiger partial charge >= 0.3 is 5.97 Å². The lowest BCUT2D eigenvalue weighted by molar-refractivity contribution is -0.148. The number of carbonyl (C=O) groups is 2. The molecule has 26 heavy (non-hydrogen) atoms. The third-order valence-corrected chi connectivity index (χ3v) is 3.54. The summed E-state index contributed by atoms with van der Waals surface area (Å²) in [6.45, 7) is 3.14. The Kier molecular flexibility index (Phi) is 6.16. The van der Waals surface area contributed by atoms with Crippen molar-refractivity contribution in [1.29, 1.82) is 0 Å². The Labute approximate surface area is 148 Å². The zero-order valence-corrected chi connectivity index (χ0v) is 14.1. The second-order valence-electron chi connectivity index (χ2n) is 5.48. The van der Waals surface area contributed by atoms with Crippen LogP contribution in [-0.2, 0) is 14.3 Å². The smallest absolute Gasteiger partial charge is 0.331 e. The number of ether oxygens (including phenoxy) is 1. The standard InChI is InChI=1S/C19H16F3NO3/c1-11-5-3-4-6-13(11)7-10-16(24)26-12(2)19(25)23-15-9-8-14(20)17(21)18(15)22/h3-10,12H,1-2H3,(H,23,25)/b10-7+/t12-/m0/s1. The molecule has 1 N–H and O–H groups in total. The summed E-state index contributed by atoms with van der Waals surface area (Å²) < 4.78 is 44.5. The molecule has 2 aromatic carbocycles. The molecule has 0 saturated carbocycles. The Balaban J connectivity index is 1.97. The van der Waals surface area contributed by atoms with Gasteiger partial charge in [-0.05, 0) is 43.2 Å². The highest BCUT2D eigenvalue weighted by molar-refractivity contribution is 5.96. The molecule has 1 amide bonds. The third kappa shape index (κ3) is 4.72. The predicted octanol–water partition coefficient (Wildman–Crippen LogP) is 4.00. The maximum absolute atomic E-state index is 13.5. The summed E-state index contributed by atoms with van der Waals surface area (Å²) in [5.41, 5.74) is 1.22. The molecule has 0 aromatic heterocycles. The molecule has 0 radical (unpaired) electrons. The van der Waals surface area contributed by atoms with Crippen LogP contribution in [-0.4, -0.2) is 18.0 Å². The highest BCUT2D eigenvalue weighted by atomic mass is 19.2. The summed E-state index contributed by atoms with van der Waals surface area (Å²) in [5.74, 6) is -6.26. The Bertz CT molecular complexity index is 865. The second kappa shape index (κ2) is 8.33. The summed E-state index contributed by atoms with van der Waals surface area (Å²) in [6.07, 6.45) is 1.43. The molecule has 0 spiro atoms. The van der Waals surface area contributed by atoms with E-state index in [0.29, 0.717) is 6.07 Å². The number of aryl methyl sites for hydroxylation is 1. The van der Waals surface area contributed by atoms with Gasteiger partial charge in [-0.25, -0.2) is 18.0 Å². The fourth-order valence-electron chi connectivity index (χ4n) is 2.06. The molecular formula is C19H16F3NO3. The van der Waals surface area contributed by atoms with E-state index in [-0.39, 0.29) is 0 Å². The number of nitrogens with one attached hydrogen (secondary N) is 1.